The fourth-order valence-corrected chi connectivity index (χ4v) is 1.46. The van der Waals surface area contributed by atoms with Gasteiger partial charge < -0.3 is 5.73 Å². The number of nitrogen functional groups attached to an aromatic ring is 1. The van der Waals surface area contributed by atoms with Crippen LogP contribution in [0.3, 0.4) is 0 Å². The summed E-state index contributed by atoms with van der Waals surface area (Å²) in [6.45, 7) is 0. The van der Waals surface area contributed by atoms with E-state index in [0.717, 1.165) is 0 Å². The van der Waals surface area contributed by atoms with Crippen molar-refractivity contribution in [2.45, 2.75) is 0 Å². The lowest BCUT2D eigenvalue weighted by Gasteiger charge is -2.02. The fourth-order valence-electron chi connectivity index (χ4n) is 1.23. The molecule has 1 heterocycles. The summed E-state index contributed by atoms with van der Waals surface area (Å²) >= 11 is 5.98. The molecule has 4 nitrogen and oxygen atoms in total. The molecule has 0 spiro atoms. The Morgan fingerprint density at radius 3 is 2.73 bits per heavy atom. The van der Waals surface area contributed by atoms with Crippen LogP contribution in [0.25, 0.3) is 5.69 Å². The molecule has 0 unspecified atom stereocenters. The Labute approximate surface area is 91.5 Å². The summed E-state index contributed by atoms with van der Waals surface area (Å²) in [5, 5.41) is 13.3. The van der Waals surface area contributed by atoms with Crippen molar-refractivity contribution in [1.29, 1.82) is 5.26 Å². The molecule has 74 valence electrons. The molecule has 2 rings (SSSR count). The monoisotopic (exact) mass is 218 g/mol. The van der Waals surface area contributed by atoms with Gasteiger partial charge in [0, 0.05) is 0 Å². The van der Waals surface area contributed by atoms with Crippen LogP contribution in [0.5, 0.6) is 0 Å². The molecule has 0 saturated carbocycles. The van der Waals surface area contributed by atoms with Crippen molar-refractivity contribution >= 4 is 17.4 Å². The van der Waals surface area contributed by atoms with Crippen molar-refractivity contribution in [1.82, 2.24) is 9.78 Å². The number of nitriles is 1. The predicted octanol–water partition coefficient (Wildman–Crippen LogP) is 1.98. The molecule has 1 aromatic heterocycles. The first-order chi connectivity index (χ1) is 7.22. The van der Waals surface area contributed by atoms with E-state index in [1.807, 2.05) is 18.2 Å². The number of hydrogen-bond acceptors (Lipinski definition) is 3. The second-order valence-electron chi connectivity index (χ2n) is 2.94. The van der Waals surface area contributed by atoms with Gasteiger partial charge in [-0.05, 0) is 12.1 Å². The van der Waals surface area contributed by atoms with Crippen molar-refractivity contribution in [2.24, 2.45) is 0 Å². The normalized spacial score (nSPS) is 9.87. The van der Waals surface area contributed by atoms with Crippen LogP contribution < -0.4 is 5.73 Å². The molecule has 2 N–H and O–H groups in total. The van der Waals surface area contributed by atoms with E-state index in [9.17, 15) is 0 Å². The molecule has 15 heavy (non-hydrogen) atoms. The SMILES string of the molecule is N#Cc1cn(-c2ccccc2Cl)nc1N. The second-order valence-corrected chi connectivity index (χ2v) is 3.34. The molecule has 0 radical (unpaired) electrons. The standard InChI is InChI=1S/C10H7ClN4/c11-8-3-1-2-4-9(8)15-6-7(5-12)10(13)14-15/h1-4,6H,(H2,13,14). The number of nitrogens with zero attached hydrogens (tertiary/aromatic N) is 3. The molecular formula is C10H7ClN4. The Hall–Kier alpha value is -1.99. The number of anilines is 1. The highest BCUT2D eigenvalue weighted by Gasteiger charge is 2.08. The van der Waals surface area contributed by atoms with Crippen LogP contribution in [-0.2, 0) is 0 Å². The smallest absolute Gasteiger partial charge is 0.163 e. The largest absolute Gasteiger partial charge is 0.381 e. The summed E-state index contributed by atoms with van der Waals surface area (Å²) in [5.41, 5.74) is 6.59. The summed E-state index contributed by atoms with van der Waals surface area (Å²) in [4.78, 5) is 0. The van der Waals surface area contributed by atoms with Gasteiger partial charge in [0.15, 0.2) is 5.82 Å². The van der Waals surface area contributed by atoms with Crippen LogP contribution in [0.15, 0.2) is 30.5 Å². The first-order valence-corrected chi connectivity index (χ1v) is 4.60. The zero-order valence-electron chi connectivity index (χ0n) is 7.68. The molecule has 1 aromatic carbocycles. The van der Waals surface area contributed by atoms with E-state index in [2.05, 4.69) is 5.10 Å². The van der Waals surface area contributed by atoms with Gasteiger partial charge >= 0.3 is 0 Å². The van der Waals surface area contributed by atoms with Gasteiger partial charge in [-0.1, -0.05) is 23.7 Å². The van der Waals surface area contributed by atoms with Gasteiger partial charge in [-0.15, -0.1) is 5.10 Å². The maximum Gasteiger partial charge on any atom is 0.163 e. The number of nitrogens with two attached hydrogens (primary N) is 1. The van der Waals surface area contributed by atoms with E-state index in [1.54, 1.807) is 18.3 Å². The van der Waals surface area contributed by atoms with Crippen LogP contribution in [0.4, 0.5) is 5.82 Å². The highest BCUT2D eigenvalue weighted by Crippen LogP contribution is 2.20. The van der Waals surface area contributed by atoms with Crippen LogP contribution in [0, 0.1) is 11.3 Å². The zero-order valence-corrected chi connectivity index (χ0v) is 8.44. The van der Waals surface area contributed by atoms with Gasteiger partial charge in [-0.25, -0.2) is 4.68 Å². The van der Waals surface area contributed by atoms with E-state index >= 15 is 0 Å². The first kappa shape index (κ1) is 9.56. The average Bonchev–Trinajstić information content (AvgIpc) is 2.60. The number of hydrogen-bond donors (Lipinski definition) is 1. The Kier molecular flexibility index (Phi) is 2.32. The van der Waals surface area contributed by atoms with E-state index in [1.165, 1.54) is 4.68 Å². The highest BCUT2D eigenvalue weighted by molar-refractivity contribution is 6.32. The van der Waals surface area contributed by atoms with E-state index in [-0.39, 0.29) is 5.82 Å². The Bertz CT molecular complexity index is 539. The molecule has 0 aliphatic rings. The lowest BCUT2D eigenvalue weighted by molar-refractivity contribution is 0.886. The van der Waals surface area contributed by atoms with Gasteiger partial charge in [0.05, 0.1) is 16.9 Å². The molecular weight excluding hydrogens is 212 g/mol. The Balaban J connectivity index is 2.56. The summed E-state index contributed by atoms with van der Waals surface area (Å²) in [6.07, 6.45) is 1.55. The minimum atomic E-state index is 0.206. The Morgan fingerprint density at radius 2 is 2.13 bits per heavy atom. The maximum atomic E-state index is 8.73. The lowest BCUT2D eigenvalue weighted by atomic mass is 10.3. The minimum absolute atomic E-state index is 0.206. The maximum absolute atomic E-state index is 8.73. The van der Waals surface area contributed by atoms with Gasteiger partial charge in [-0.3, -0.25) is 0 Å². The summed E-state index contributed by atoms with van der Waals surface area (Å²) in [7, 11) is 0. The molecule has 0 bridgehead atoms. The topological polar surface area (TPSA) is 67.6 Å². The summed E-state index contributed by atoms with van der Waals surface area (Å²) in [6, 6.07) is 9.17. The molecule has 0 aliphatic carbocycles. The van der Waals surface area contributed by atoms with Crippen molar-refractivity contribution < 1.29 is 0 Å². The lowest BCUT2D eigenvalue weighted by Crippen LogP contribution is -1.96. The quantitative estimate of drug-likeness (QED) is 0.796. The predicted molar refractivity (Wildman–Crippen MR) is 57.7 cm³/mol. The third kappa shape index (κ3) is 1.65. The fraction of sp³-hybridized carbons (Fsp3) is 0. The van der Waals surface area contributed by atoms with Crippen LogP contribution in [0.2, 0.25) is 5.02 Å². The number of halogens is 1. The molecule has 0 atom stereocenters. The molecule has 0 aliphatic heterocycles. The van der Waals surface area contributed by atoms with Crippen LogP contribution in [-0.4, -0.2) is 9.78 Å². The van der Waals surface area contributed by atoms with Crippen molar-refractivity contribution in [3.8, 4) is 11.8 Å². The third-order valence-electron chi connectivity index (χ3n) is 1.96. The second kappa shape index (κ2) is 3.64. The van der Waals surface area contributed by atoms with Crippen molar-refractivity contribution in [2.75, 3.05) is 5.73 Å². The molecule has 0 saturated heterocycles. The van der Waals surface area contributed by atoms with Crippen molar-refractivity contribution in [3.05, 3.63) is 41.0 Å². The molecule has 2 aromatic rings. The Morgan fingerprint density at radius 1 is 1.40 bits per heavy atom. The number of benzene rings is 1. The van der Waals surface area contributed by atoms with Gasteiger partial charge in [0.25, 0.3) is 0 Å². The van der Waals surface area contributed by atoms with Crippen LogP contribution in [0.1, 0.15) is 5.56 Å². The number of aromatic nitrogens is 2. The van der Waals surface area contributed by atoms with E-state index in [0.29, 0.717) is 16.3 Å². The number of rotatable bonds is 1. The molecule has 5 heteroatoms. The van der Waals surface area contributed by atoms with Gasteiger partial charge in [0.1, 0.15) is 11.6 Å². The summed E-state index contributed by atoms with van der Waals surface area (Å²) < 4.78 is 1.50. The average molecular weight is 219 g/mol. The molecule has 0 fully saturated rings. The number of para-hydroxylation sites is 1. The minimum Gasteiger partial charge on any atom is -0.381 e. The zero-order chi connectivity index (χ0) is 10.8. The third-order valence-corrected chi connectivity index (χ3v) is 2.28. The van der Waals surface area contributed by atoms with Crippen molar-refractivity contribution in [3.63, 3.8) is 0 Å². The highest BCUT2D eigenvalue weighted by atomic mass is 35.5. The van der Waals surface area contributed by atoms with E-state index < -0.39 is 0 Å². The first-order valence-electron chi connectivity index (χ1n) is 4.22. The van der Waals surface area contributed by atoms with Gasteiger partial charge in [0.2, 0.25) is 0 Å². The molecule has 0 amide bonds. The van der Waals surface area contributed by atoms with Crippen LogP contribution >= 0.6 is 11.6 Å². The van der Waals surface area contributed by atoms with E-state index in [4.69, 9.17) is 22.6 Å². The summed E-state index contributed by atoms with van der Waals surface area (Å²) in [5.74, 6) is 0.206. The van der Waals surface area contributed by atoms with Gasteiger partial charge in [-0.2, -0.15) is 5.26 Å².